The van der Waals surface area contributed by atoms with Crippen molar-refractivity contribution < 1.29 is 13.9 Å². The van der Waals surface area contributed by atoms with Crippen LogP contribution in [0.5, 0.6) is 0 Å². The lowest BCUT2D eigenvalue weighted by atomic mass is 10.2. The van der Waals surface area contributed by atoms with Crippen molar-refractivity contribution in [1.29, 1.82) is 0 Å². The van der Waals surface area contributed by atoms with Gasteiger partial charge in [-0.3, -0.25) is 0 Å². The molecule has 0 heterocycles. The molecule has 14 heavy (non-hydrogen) atoms. The number of hydrazone groups is 1. The number of rotatable bonds is 2. The Labute approximate surface area is 80.4 Å². The largest absolute Gasteiger partial charge is 0.452 e. The van der Waals surface area contributed by atoms with Gasteiger partial charge in [-0.1, -0.05) is 18.2 Å². The maximum Gasteiger partial charge on any atom is 0.427 e. The van der Waals surface area contributed by atoms with Crippen LogP contribution in [0.15, 0.2) is 29.4 Å². The standard InChI is InChI=1S/C9H9FN2O2/c1-14-9(13)12-11-6-7-4-2-3-5-8(7)10/h2-6H,1H3,(H,12,13). The Morgan fingerprint density at radius 3 is 2.93 bits per heavy atom. The van der Waals surface area contributed by atoms with Gasteiger partial charge in [-0.2, -0.15) is 5.10 Å². The lowest BCUT2D eigenvalue weighted by Crippen LogP contribution is -2.16. The van der Waals surface area contributed by atoms with E-state index in [0.717, 1.165) is 0 Å². The van der Waals surface area contributed by atoms with E-state index < -0.39 is 11.9 Å². The van der Waals surface area contributed by atoms with Crippen LogP contribution in [0.4, 0.5) is 9.18 Å². The van der Waals surface area contributed by atoms with E-state index in [-0.39, 0.29) is 0 Å². The third-order valence-electron chi connectivity index (χ3n) is 1.45. The van der Waals surface area contributed by atoms with E-state index >= 15 is 0 Å². The van der Waals surface area contributed by atoms with Crippen LogP contribution in [-0.4, -0.2) is 19.4 Å². The fourth-order valence-corrected chi connectivity index (χ4v) is 0.780. The highest BCUT2D eigenvalue weighted by Gasteiger charge is 1.97. The van der Waals surface area contributed by atoms with Gasteiger partial charge in [-0.05, 0) is 6.07 Å². The Balaban J connectivity index is 2.60. The number of nitrogens with zero attached hydrogens (tertiary/aromatic N) is 1. The van der Waals surface area contributed by atoms with Crippen LogP contribution in [0.25, 0.3) is 0 Å². The van der Waals surface area contributed by atoms with Gasteiger partial charge in [0.25, 0.3) is 0 Å². The minimum atomic E-state index is -0.697. The summed E-state index contributed by atoms with van der Waals surface area (Å²) in [4.78, 5) is 10.5. The second-order valence-corrected chi connectivity index (χ2v) is 2.38. The Morgan fingerprint density at radius 1 is 1.57 bits per heavy atom. The molecule has 0 aliphatic heterocycles. The smallest absolute Gasteiger partial charge is 0.427 e. The fraction of sp³-hybridized carbons (Fsp3) is 0.111. The molecule has 1 aromatic carbocycles. The molecule has 0 bridgehead atoms. The molecule has 0 aromatic heterocycles. The summed E-state index contributed by atoms with van der Waals surface area (Å²) in [6.07, 6.45) is 0.504. The van der Waals surface area contributed by atoms with Crippen LogP contribution in [-0.2, 0) is 4.74 Å². The summed E-state index contributed by atoms with van der Waals surface area (Å²) in [6.45, 7) is 0. The highest BCUT2D eigenvalue weighted by molar-refractivity contribution is 5.81. The van der Waals surface area contributed by atoms with Gasteiger partial charge in [-0.15, -0.1) is 0 Å². The van der Waals surface area contributed by atoms with E-state index in [1.165, 1.54) is 25.5 Å². The molecule has 5 heteroatoms. The summed E-state index contributed by atoms with van der Waals surface area (Å²) < 4.78 is 17.2. The molecule has 1 rings (SSSR count). The van der Waals surface area contributed by atoms with Crippen LogP contribution >= 0.6 is 0 Å². The fourth-order valence-electron chi connectivity index (χ4n) is 0.780. The first-order chi connectivity index (χ1) is 6.74. The lowest BCUT2D eigenvalue weighted by Gasteiger charge is -1.96. The zero-order valence-corrected chi connectivity index (χ0v) is 7.53. The molecule has 0 unspecified atom stereocenters. The molecule has 0 radical (unpaired) electrons. The molecule has 0 spiro atoms. The Hall–Kier alpha value is -1.91. The number of ether oxygens (including phenoxy) is 1. The Bertz CT molecular complexity index is 352. The number of amides is 1. The zero-order valence-electron chi connectivity index (χ0n) is 7.53. The lowest BCUT2D eigenvalue weighted by molar-refractivity contribution is 0.171. The van der Waals surface area contributed by atoms with Gasteiger partial charge < -0.3 is 4.74 Å². The average molecular weight is 196 g/mol. The Morgan fingerprint density at radius 2 is 2.29 bits per heavy atom. The van der Waals surface area contributed by atoms with Crippen molar-refractivity contribution >= 4 is 12.3 Å². The third kappa shape index (κ3) is 2.85. The number of hydrogen-bond acceptors (Lipinski definition) is 3. The predicted octanol–water partition coefficient (Wildman–Crippen LogP) is 1.52. The average Bonchev–Trinajstić information content (AvgIpc) is 2.20. The van der Waals surface area contributed by atoms with Crippen molar-refractivity contribution in [3.8, 4) is 0 Å². The molecule has 1 N–H and O–H groups in total. The van der Waals surface area contributed by atoms with Gasteiger partial charge in [0.05, 0.1) is 13.3 Å². The van der Waals surface area contributed by atoms with E-state index in [2.05, 4.69) is 9.84 Å². The topological polar surface area (TPSA) is 50.7 Å². The molecule has 0 fully saturated rings. The van der Waals surface area contributed by atoms with E-state index in [1.54, 1.807) is 12.1 Å². The highest BCUT2D eigenvalue weighted by Crippen LogP contribution is 2.02. The molecule has 74 valence electrons. The first kappa shape index (κ1) is 10.2. The van der Waals surface area contributed by atoms with Crippen molar-refractivity contribution in [2.24, 2.45) is 5.10 Å². The molecule has 4 nitrogen and oxygen atoms in total. The van der Waals surface area contributed by atoms with Gasteiger partial charge in [0.15, 0.2) is 0 Å². The third-order valence-corrected chi connectivity index (χ3v) is 1.45. The van der Waals surface area contributed by atoms with Gasteiger partial charge in [0.2, 0.25) is 0 Å². The minimum absolute atomic E-state index is 0.295. The summed E-state index contributed by atoms with van der Waals surface area (Å²) in [5.74, 6) is -0.400. The summed E-state index contributed by atoms with van der Waals surface area (Å²) in [6, 6.07) is 6.08. The van der Waals surface area contributed by atoms with Crippen molar-refractivity contribution in [2.45, 2.75) is 0 Å². The Kier molecular flexibility index (Phi) is 3.60. The predicted molar refractivity (Wildman–Crippen MR) is 49.5 cm³/mol. The summed E-state index contributed by atoms with van der Waals surface area (Å²) >= 11 is 0. The highest BCUT2D eigenvalue weighted by atomic mass is 19.1. The van der Waals surface area contributed by atoms with E-state index in [0.29, 0.717) is 5.56 Å². The van der Waals surface area contributed by atoms with E-state index in [1.807, 2.05) is 5.43 Å². The molecule has 0 saturated heterocycles. The number of methoxy groups -OCH3 is 1. The van der Waals surface area contributed by atoms with Gasteiger partial charge in [0.1, 0.15) is 5.82 Å². The van der Waals surface area contributed by atoms with Gasteiger partial charge in [0, 0.05) is 5.56 Å². The molecule has 1 aromatic rings. The second-order valence-electron chi connectivity index (χ2n) is 2.38. The molecule has 0 saturated carbocycles. The maximum absolute atomic E-state index is 13.0. The maximum atomic E-state index is 13.0. The van der Waals surface area contributed by atoms with Crippen LogP contribution in [0.1, 0.15) is 5.56 Å². The molecular weight excluding hydrogens is 187 g/mol. The quantitative estimate of drug-likeness (QED) is 0.575. The molecule has 1 amide bonds. The molecule has 0 aliphatic carbocycles. The second kappa shape index (κ2) is 4.96. The van der Waals surface area contributed by atoms with Crippen LogP contribution in [0.3, 0.4) is 0 Å². The number of hydrogen-bond donors (Lipinski definition) is 1. The molecular formula is C9H9FN2O2. The first-order valence-electron chi connectivity index (χ1n) is 3.85. The molecule has 0 atom stereocenters. The van der Waals surface area contributed by atoms with Crippen molar-refractivity contribution in [3.63, 3.8) is 0 Å². The van der Waals surface area contributed by atoms with Gasteiger partial charge in [-0.25, -0.2) is 14.6 Å². The zero-order chi connectivity index (χ0) is 10.4. The van der Waals surface area contributed by atoms with Crippen molar-refractivity contribution in [2.75, 3.05) is 7.11 Å². The number of carbonyl (C=O) groups excluding carboxylic acids is 1. The number of halogens is 1. The van der Waals surface area contributed by atoms with E-state index in [4.69, 9.17) is 0 Å². The van der Waals surface area contributed by atoms with Crippen LogP contribution < -0.4 is 5.43 Å². The normalized spacial score (nSPS) is 10.1. The summed E-state index contributed by atoms with van der Waals surface area (Å²) in [5.41, 5.74) is 2.34. The number of benzene rings is 1. The number of nitrogens with one attached hydrogen (secondary N) is 1. The molecule has 0 aliphatic rings. The monoisotopic (exact) mass is 196 g/mol. The van der Waals surface area contributed by atoms with Crippen molar-refractivity contribution in [1.82, 2.24) is 5.43 Å². The van der Waals surface area contributed by atoms with Crippen molar-refractivity contribution in [3.05, 3.63) is 35.6 Å². The number of carbonyl (C=O) groups is 1. The summed E-state index contributed by atoms with van der Waals surface area (Å²) in [5, 5.41) is 3.48. The van der Waals surface area contributed by atoms with Crippen LogP contribution in [0.2, 0.25) is 0 Å². The SMILES string of the molecule is COC(=O)NN=Cc1ccccc1F. The first-order valence-corrected chi connectivity index (χ1v) is 3.85. The van der Waals surface area contributed by atoms with Gasteiger partial charge >= 0.3 is 6.09 Å². The summed E-state index contributed by atoms with van der Waals surface area (Å²) in [7, 11) is 1.22. The minimum Gasteiger partial charge on any atom is -0.452 e. The van der Waals surface area contributed by atoms with E-state index in [9.17, 15) is 9.18 Å². The van der Waals surface area contributed by atoms with Crippen LogP contribution in [0, 0.1) is 5.82 Å².